The SMILES string of the molecule is O=C(CCN(CCS)CC(=O)NCCS)NCc1cc(N=Nc2cc(C(=O)O)c(O)c3ccccc23)ccc1-c1ccc(N=Nc2cc(C(=O)O)c(O)c3ccccc23)cc1.[O-2].[Re]. The third kappa shape index (κ3) is 12.5. The standard InChI is InChI=1S/C44H41N7O8S2.O.Re/c52-39(15-17-51(18-20-61)25-40(53)45-16-19-60)46-24-27-21-29(48-50-38-23-36(44(58)59)42(55)34-8-4-2-6-32(34)38)13-14-30(27)26-9-11-28(12-10-26)47-49-37-22-35(43(56)57)41(54)33-7-3-1-5-31(33)37;;/h1-14,21-23,54-55,60-61H,15-20,24-25H2,(H,45,53)(H,46,52)(H,56,57)(H,58,59);;/q;-2;. The summed E-state index contributed by atoms with van der Waals surface area (Å²) in [6.07, 6.45) is 0.117. The van der Waals surface area contributed by atoms with Crippen molar-refractivity contribution in [3.8, 4) is 22.6 Å². The number of hydrogen-bond donors (Lipinski definition) is 8. The van der Waals surface area contributed by atoms with Crippen LogP contribution in [0, 0.1) is 0 Å². The molecule has 6 N–H and O–H groups in total. The molecule has 16 nitrogen and oxygen atoms in total. The summed E-state index contributed by atoms with van der Waals surface area (Å²) in [6.45, 7) is 1.49. The van der Waals surface area contributed by atoms with Crippen molar-refractivity contribution in [3.63, 3.8) is 0 Å². The van der Waals surface area contributed by atoms with E-state index in [9.17, 15) is 39.6 Å². The molecule has 0 saturated heterocycles. The second kappa shape index (κ2) is 23.3. The molecule has 6 aromatic rings. The maximum atomic E-state index is 13.2. The van der Waals surface area contributed by atoms with Crippen molar-refractivity contribution in [2.75, 3.05) is 37.7 Å². The summed E-state index contributed by atoms with van der Waals surface area (Å²) in [5.74, 6) is -2.75. The number of nitrogens with zero attached hydrogens (tertiary/aromatic N) is 5. The number of fused-ring (bicyclic) bond motifs is 2. The van der Waals surface area contributed by atoms with Crippen LogP contribution in [0.3, 0.4) is 0 Å². The Morgan fingerprint density at radius 1 is 0.603 bits per heavy atom. The van der Waals surface area contributed by atoms with E-state index >= 15 is 0 Å². The second-order valence-electron chi connectivity index (χ2n) is 13.7. The topological polar surface area (TPSA) is 254 Å². The quantitative estimate of drug-likeness (QED) is 0.0303. The molecule has 6 aromatic carbocycles. The Morgan fingerprint density at radius 2 is 1.13 bits per heavy atom. The Bertz CT molecular complexity index is 2680. The van der Waals surface area contributed by atoms with Crippen molar-refractivity contribution >= 4 is 93.3 Å². The third-order valence-corrected chi connectivity index (χ3v) is 10.0. The van der Waals surface area contributed by atoms with Gasteiger partial charge in [0.25, 0.3) is 0 Å². The van der Waals surface area contributed by atoms with Gasteiger partial charge in [0.15, 0.2) is 0 Å². The Hall–Kier alpha value is -6.20. The van der Waals surface area contributed by atoms with Crippen molar-refractivity contribution in [2.24, 2.45) is 20.5 Å². The average Bonchev–Trinajstić information content (AvgIpc) is 3.26. The van der Waals surface area contributed by atoms with Crippen LogP contribution in [0.15, 0.2) is 124 Å². The number of carbonyl (C=O) groups is 4. The van der Waals surface area contributed by atoms with E-state index in [1.807, 2.05) is 23.1 Å². The molecule has 1 radical (unpaired) electrons. The number of nitrogens with one attached hydrogen (secondary N) is 2. The van der Waals surface area contributed by atoms with Gasteiger partial charge >= 0.3 is 11.9 Å². The molecule has 0 fully saturated rings. The fourth-order valence-corrected chi connectivity index (χ4v) is 6.98. The van der Waals surface area contributed by atoms with Gasteiger partial charge in [-0.1, -0.05) is 66.7 Å². The zero-order valence-corrected chi connectivity index (χ0v) is 37.8. The summed E-state index contributed by atoms with van der Waals surface area (Å²) in [6, 6.07) is 28.4. The van der Waals surface area contributed by atoms with Gasteiger partial charge in [-0.3, -0.25) is 14.5 Å². The molecule has 0 spiro atoms. The number of carboxylic acid groups (broad SMARTS) is 2. The second-order valence-corrected chi connectivity index (χ2v) is 14.6. The maximum absolute atomic E-state index is 13.2. The first-order valence-electron chi connectivity index (χ1n) is 19.0. The van der Waals surface area contributed by atoms with Gasteiger partial charge in [0, 0.05) is 86.1 Å². The average molecular weight is 1060 g/mol. The monoisotopic (exact) mass is 1060 g/mol. The molecule has 327 valence electrons. The Kier molecular flexibility index (Phi) is 18.3. The Labute approximate surface area is 385 Å². The van der Waals surface area contributed by atoms with E-state index in [2.05, 4.69) is 56.3 Å². The normalized spacial score (nSPS) is 11.2. The van der Waals surface area contributed by atoms with Gasteiger partial charge in [-0.05, 0) is 53.1 Å². The number of carbonyl (C=O) groups excluding carboxylic acids is 2. The van der Waals surface area contributed by atoms with Gasteiger partial charge < -0.3 is 36.5 Å². The van der Waals surface area contributed by atoms with Crippen LogP contribution in [0.2, 0.25) is 0 Å². The number of phenols is 2. The minimum absolute atomic E-state index is 0. The summed E-state index contributed by atoms with van der Waals surface area (Å²) < 4.78 is 0. The third-order valence-electron chi connectivity index (χ3n) is 9.61. The van der Waals surface area contributed by atoms with E-state index in [4.69, 9.17) is 0 Å². The van der Waals surface area contributed by atoms with Gasteiger partial charge in [0.2, 0.25) is 11.8 Å². The van der Waals surface area contributed by atoms with Gasteiger partial charge in [-0.2, -0.15) is 35.5 Å². The van der Waals surface area contributed by atoms with Gasteiger partial charge in [-0.15, -0.1) is 10.2 Å². The van der Waals surface area contributed by atoms with Crippen molar-refractivity contribution in [1.82, 2.24) is 15.5 Å². The van der Waals surface area contributed by atoms with E-state index < -0.39 is 11.9 Å². The molecule has 0 bridgehead atoms. The van der Waals surface area contributed by atoms with Gasteiger partial charge in [-0.25, -0.2) is 9.59 Å². The molecule has 0 heterocycles. The van der Waals surface area contributed by atoms with Crippen LogP contribution in [-0.4, -0.2) is 86.8 Å². The van der Waals surface area contributed by atoms with E-state index in [1.165, 1.54) is 12.1 Å². The van der Waals surface area contributed by atoms with Crippen molar-refractivity contribution in [1.29, 1.82) is 0 Å². The zero-order chi connectivity index (χ0) is 43.5. The number of carboxylic acids is 2. The number of aromatic hydroxyl groups is 2. The number of azo groups is 2. The molecule has 0 aliphatic heterocycles. The molecule has 2 amide bonds. The summed E-state index contributed by atoms with van der Waals surface area (Å²) >= 11 is 8.43. The summed E-state index contributed by atoms with van der Waals surface area (Å²) in [7, 11) is 0. The number of hydrogen-bond acceptors (Lipinski definition) is 13. The number of rotatable bonds is 18. The number of benzene rings is 6. The molecule has 19 heteroatoms. The first-order valence-corrected chi connectivity index (χ1v) is 20.2. The molecule has 0 atom stereocenters. The maximum Gasteiger partial charge on any atom is 0.339 e. The fraction of sp³-hybridized carbons (Fsp3) is 0.182. The molecule has 0 unspecified atom stereocenters. The van der Waals surface area contributed by atoms with Crippen molar-refractivity contribution in [2.45, 2.75) is 13.0 Å². The molecule has 0 aromatic heterocycles. The van der Waals surface area contributed by atoms with E-state index in [1.54, 1.807) is 72.8 Å². The van der Waals surface area contributed by atoms with E-state index in [0.717, 1.165) is 11.1 Å². The molecule has 0 aliphatic rings. The van der Waals surface area contributed by atoms with Crippen LogP contribution in [0.5, 0.6) is 11.5 Å². The summed E-state index contributed by atoms with van der Waals surface area (Å²) in [5, 5.41) is 65.4. The zero-order valence-electron chi connectivity index (χ0n) is 33.3. The molecule has 0 saturated carbocycles. The van der Waals surface area contributed by atoms with Crippen LogP contribution in [0.25, 0.3) is 32.7 Å². The summed E-state index contributed by atoms with van der Waals surface area (Å²) in [5.41, 5.74) is 2.94. The predicted molar refractivity (Wildman–Crippen MR) is 240 cm³/mol. The molecule has 63 heavy (non-hydrogen) atoms. The number of aromatic carboxylic acids is 2. The van der Waals surface area contributed by atoms with E-state index in [0.29, 0.717) is 69.6 Å². The minimum atomic E-state index is -1.32. The van der Waals surface area contributed by atoms with Gasteiger partial charge in [0.1, 0.15) is 22.6 Å². The van der Waals surface area contributed by atoms with Crippen LogP contribution in [0.1, 0.15) is 32.7 Å². The van der Waals surface area contributed by atoms with E-state index in [-0.39, 0.29) is 91.2 Å². The Balaban J connectivity index is 0.00000436. The Morgan fingerprint density at radius 3 is 1.65 bits per heavy atom. The predicted octanol–water partition coefficient (Wildman–Crippen LogP) is 8.46. The molecule has 0 aliphatic carbocycles. The summed E-state index contributed by atoms with van der Waals surface area (Å²) in [4.78, 5) is 51.1. The number of amides is 2. The van der Waals surface area contributed by atoms with Crippen molar-refractivity contribution in [3.05, 3.63) is 120 Å². The largest absolute Gasteiger partial charge is 2.00 e. The fourth-order valence-electron chi connectivity index (χ4n) is 6.58. The molecular formula is C44H41N7O9ReS2-2. The van der Waals surface area contributed by atoms with Crippen LogP contribution < -0.4 is 10.6 Å². The van der Waals surface area contributed by atoms with Crippen LogP contribution in [-0.2, 0) is 42.0 Å². The van der Waals surface area contributed by atoms with Gasteiger partial charge in [0.05, 0.1) is 29.3 Å². The molecular weight excluding hydrogens is 1020 g/mol. The first-order chi connectivity index (χ1) is 29.5. The minimum Gasteiger partial charge on any atom is -2.00 e. The van der Waals surface area contributed by atoms with Crippen molar-refractivity contribution < 1.29 is 65.5 Å². The van der Waals surface area contributed by atoms with Crippen LogP contribution >= 0.6 is 25.3 Å². The number of thiol groups is 2. The van der Waals surface area contributed by atoms with Crippen LogP contribution in [0.4, 0.5) is 22.7 Å². The first kappa shape index (κ1) is 49.5. The smallest absolute Gasteiger partial charge is 0.339 e. The molecule has 6 rings (SSSR count).